The minimum atomic E-state index is -0.635. The molecule has 5 heteroatoms. The summed E-state index contributed by atoms with van der Waals surface area (Å²) >= 11 is 0. The Morgan fingerprint density at radius 1 is 1.35 bits per heavy atom. The second-order valence-electron chi connectivity index (χ2n) is 3.84. The average molecular weight is 248 g/mol. The van der Waals surface area contributed by atoms with E-state index in [1.165, 1.54) is 0 Å². The lowest BCUT2D eigenvalue weighted by Crippen LogP contribution is -2.35. The highest BCUT2D eigenvalue weighted by Gasteiger charge is 2.25. The first kappa shape index (κ1) is 16.5. The van der Waals surface area contributed by atoms with E-state index >= 15 is 0 Å². The summed E-state index contributed by atoms with van der Waals surface area (Å²) in [5, 5.41) is 18.7. The highest BCUT2D eigenvalue weighted by atomic mass is 16.7. The molecule has 5 nitrogen and oxygen atoms in total. The van der Waals surface area contributed by atoms with Gasteiger partial charge in [-0.3, -0.25) is 0 Å². The third-order valence-electron chi connectivity index (χ3n) is 2.50. The molecule has 0 bridgehead atoms. The third kappa shape index (κ3) is 7.46. The van der Waals surface area contributed by atoms with E-state index in [4.69, 9.17) is 14.2 Å². The summed E-state index contributed by atoms with van der Waals surface area (Å²) in [6.45, 7) is 6.21. The van der Waals surface area contributed by atoms with Gasteiger partial charge >= 0.3 is 0 Å². The van der Waals surface area contributed by atoms with Crippen LogP contribution in [0, 0.1) is 5.92 Å². The van der Waals surface area contributed by atoms with Crippen LogP contribution in [0.3, 0.4) is 0 Å². The molecule has 0 aliphatic carbocycles. The Labute approximate surface area is 103 Å². The van der Waals surface area contributed by atoms with Crippen LogP contribution in [0.25, 0.3) is 0 Å². The molecule has 0 radical (unpaired) electrons. The van der Waals surface area contributed by atoms with Crippen molar-refractivity contribution in [3.05, 3.63) is 12.7 Å². The number of ether oxygens (including phenoxy) is 3. The lowest BCUT2D eigenvalue weighted by molar-refractivity contribution is -0.130. The number of aliphatic hydroxyl groups is 2. The molecule has 3 atom stereocenters. The molecule has 0 unspecified atom stereocenters. The molecule has 0 amide bonds. The van der Waals surface area contributed by atoms with Crippen LogP contribution in [0.2, 0.25) is 0 Å². The second kappa shape index (κ2) is 10.7. The number of rotatable bonds is 11. The predicted molar refractivity (Wildman–Crippen MR) is 64.6 cm³/mol. The lowest BCUT2D eigenvalue weighted by Gasteiger charge is -2.27. The average Bonchev–Trinajstić information content (AvgIpc) is 2.29. The summed E-state index contributed by atoms with van der Waals surface area (Å²) in [7, 11) is 1.60. The molecule has 0 aromatic heterocycles. The lowest BCUT2D eigenvalue weighted by atomic mass is 9.95. The molecule has 2 N–H and O–H groups in total. The Kier molecular flexibility index (Phi) is 10.4. The van der Waals surface area contributed by atoms with Gasteiger partial charge in [-0.15, -0.1) is 6.58 Å². The molecule has 0 aliphatic rings. The SMILES string of the molecule is C=CC[C@H](OCOCCOC)[C@H](CO)[C@@H](C)O. The van der Waals surface area contributed by atoms with Crippen molar-refractivity contribution in [3.8, 4) is 0 Å². The molecular formula is C12H24O5. The molecule has 0 aromatic carbocycles. The van der Waals surface area contributed by atoms with Crippen LogP contribution in [-0.4, -0.2) is 56.1 Å². The quantitative estimate of drug-likeness (QED) is 0.318. The molecule has 0 rings (SSSR count). The largest absolute Gasteiger partial charge is 0.396 e. The van der Waals surface area contributed by atoms with Crippen molar-refractivity contribution in [3.63, 3.8) is 0 Å². The van der Waals surface area contributed by atoms with Gasteiger partial charge in [-0.2, -0.15) is 0 Å². The van der Waals surface area contributed by atoms with E-state index in [1.54, 1.807) is 20.1 Å². The fourth-order valence-electron chi connectivity index (χ4n) is 1.45. The van der Waals surface area contributed by atoms with Gasteiger partial charge in [0.15, 0.2) is 0 Å². The molecule has 102 valence electrons. The van der Waals surface area contributed by atoms with Crippen LogP contribution in [0.5, 0.6) is 0 Å². The zero-order valence-corrected chi connectivity index (χ0v) is 10.7. The third-order valence-corrected chi connectivity index (χ3v) is 2.50. The fraction of sp³-hybridized carbons (Fsp3) is 0.833. The van der Waals surface area contributed by atoms with E-state index in [0.29, 0.717) is 19.6 Å². The Morgan fingerprint density at radius 3 is 2.53 bits per heavy atom. The van der Waals surface area contributed by atoms with Crippen LogP contribution in [0.1, 0.15) is 13.3 Å². The molecule has 0 fully saturated rings. The van der Waals surface area contributed by atoms with Crippen molar-refractivity contribution in [2.75, 3.05) is 33.7 Å². The smallest absolute Gasteiger partial charge is 0.147 e. The zero-order valence-electron chi connectivity index (χ0n) is 10.7. The number of hydrogen-bond donors (Lipinski definition) is 2. The van der Waals surface area contributed by atoms with Gasteiger partial charge in [0.25, 0.3) is 0 Å². The van der Waals surface area contributed by atoms with Gasteiger partial charge in [0.05, 0.1) is 32.0 Å². The Balaban J connectivity index is 3.99. The zero-order chi connectivity index (χ0) is 13.1. The molecule has 0 heterocycles. The monoisotopic (exact) mass is 248 g/mol. The van der Waals surface area contributed by atoms with Crippen LogP contribution in [0.4, 0.5) is 0 Å². The summed E-state index contributed by atoms with van der Waals surface area (Å²) in [5.74, 6) is -0.334. The van der Waals surface area contributed by atoms with E-state index in [-0.39, 0.29) is 25.4 Å². The fourth-order valence-corrected chi connectivity index (χ4v) is 1.45. The first-order valence-electron chi connectivity index (χ1n) is 5.75. The Hall–Kier alpha value is -0.460. The van der Waals surface area contributed by atoms with Crippen molar-refractivity contribution >= 4 is 0 Å². The van der Waals surface area contributed by atoms with Crippen molar-refractivity contribution in [1.82, 2.24) is 0 Å². The normalized spacial score (nSPS) is 16.5. The Morgan fingerprint density at radius 2 is 2.06 bits per heavy atom. The van der Waals surface area contributed by atoms with E-state index in [9.17, 15) is 10.2 Å². The van der Waals surface area contributed by atoms with Gasteiger partial charge in [-0.1, -0.05) is 6.08 Å². The Bertz CT molecular complexity index is 184. The molecule has 0 saturated carbocycles. The van der Waals surface area contributed by atoms with Gasteiger partial charge in [0.1, 0.15) is 6.79 Å². The molecule has 0 saturated heterocycles. The summed E-state index contributed by atoms with van der Waals surface area (Å²) in [6.07, 6.45) is 1.33. The molecule has 0 spiro atoms. The van der Waals surface area contributed by atoms with Crippen LogP contribution < -0.4 is 0 Å². The maximum Gasteiger partial charge on any atom is 0.147 e. The summed E-state index contributed by atoms with van der Waals surface area (Å²) in [4.78, 5) is 0. The maximum atomic E-state index is 9.51. The molecular weight excluding hydrogens is 224 g/mol. The molecule has 0 aliphatic heterocycles. The predicted octanol–water partition coefficient (Wildman–Crippen LogP) is 0.558. The van der Waals surface area contributed by atoms with Crippen molar-refractivity contribution in [2.24, 2.45) is 5.92 Å². The van der Waals surface area contributed by atoms with Gasteiger partial charge in [-0.05, 0) is 13.3 Å². The minimum absolute atomic E-state index is 0.116. The number of hydrogen-bond acceptors (Lipinski definition) is 5. The van der Waals surface area contributed by atoms with E-state index in [2.05, 4.69) is 6.58 Å². The van der Waals surface area contributed by atoms with Gasteiger partial charge in [0.2, 0.25) is 0 Å². The van der Waals surface area contributed by atoms with Gasteiger partial charge in [-0.25, -0.2) is 0 Å². The minimum Gasteiger partial charge on any atom is -0.396 e. The first-order chi connectivity index (χ1) is 8.17. The highest BCUT2D eigenvalue weighted by Crippen LogP contribution is 2.16. The first-order valence-corrected chi connectivity index (χ1v) is 5.75. The second-order valence-corrected chi connectivity index (χ2v) is 3.84. The van der Waals surface area contributed by atoms with Gasteiger partial charge < -0.3 is 24.4 Å². The summed E-state index contributed by atoms with van der Waals surface area (Å²) in [5.41, 5.74) is 0. The maximum absolute atomic E-state index is 9.51. The number of aliphatic hydroxyl groups excluding tert-OH is 2. The topological polar surface area (TPSA) is 68.2 Å². The van der Waals surface area contributed by atoms with E-state index < -0.39 is 6.10 Å². The standard InChI is InChI=1S/C12H24O5/c1-4-5-12(11(8-13)10(2)14)17-9-16-7-6-15-3/h4,10-14H,1,5-9H2,2-3H3/t10-,11-,12+/m1/s1. The van der Waals surface area contributed by atoms with Crippen LogP contribution in [0.15, 0.2) is 12.7 Å². The van der Waals surface area contributed by atoms with E-state index in [0.717, 1.165) is 0 Å². The van der Waals surface area contributed by atoms with E-state index in [1.807, 2.05) is 0 Å². The van der Waals surface area contributed by atoms with Crippen molar-refractivity contribution in [2.45, 2.75) is 25.6 Å². The molecule has 17 heavy (non-hydrogen) atoms. The number of methoxy groups -OCH3 is 1. The summed E-state index contributed by atoms with van der Waals surface area (Å²) < 4.78 is 15.5. The molecule has 0 aromatic rings. The van der Waals surface area contributed by atoms with Crippen LogP contribution in [-0.2, 0) is 14.2 Å². The van der Waals surface area contributed by atoms with Crippen molar-refractivity contribution in [1.29, 1.82) is 0 Å². The van der Waals surface area contributed by atoms with Gasteiger partial charge in [0, 0.05) is 13.0 Å². The van der Waals surface area contributed by atoms with Crippen LogP contribution >= 0.6 is 0 Å². The highest BCUT2D eigenvalue weighted by molar-refractivity contribution is 4.81. The summed E-state index contributed by atoms with van der Waals surface area (Å²) in [6, 6.07) is 0. The van der Waals surface area contributed by atoms with Crippen molar-refractivity contribution < 1.29 is 24.4 Å².